The number of hydrogen-bond donors (Lipinski definition) is 6. The third kappa shape index (κ3) is 8.88. The molecular formula is C18H33ClN6O9. The van der Waals surface area contributed by atoms with Gasteiger partial charge in [0.15, 0.2) is 6.29 Å². The van der Waals surface area contributed by atoms with E-state index in [1.54, 1.807) is 0 Å². The van der Waals surface area contributed by atoms with Gasteiger partial charge in [-0.15, -0.1) is 21.4 Å². The fourth-order valence-electron chi connectivity index (χ4n) is 3.44. The lowest BCUT2D eigenvalue weighted by molar-refractivity contribution is -0.252. The second kappa shape index (κ2) is 15.0. The molecule has 0 unspecified atom stereocenters. The first-order valence-electron chi connectivity index (χ1n) is 10.7. The zero-order valence-corrected chi connectivity index (χ0v) is 19.7. The van der Waals surface area contributed by atoms with Crippen LogP contribution in [0.1, 0.15) is 32.6 Å². The number of nitrogens with one attached hydrogen (secondary N) is 2. The van der Waals surface area contributed by atoms with Crippen molar-refractivity contribution in [1.82, 2.24) is 20.7 Å². The van der Waals surface area contributed by atoms with E-state index in [2.05, 4.69) is 28.1 Å². The lowest BCUT2D eigenvalue weighted by Crippen LogP contribution is -2.64. The number of urea groups is 2. The maximum Gasteiger partial charge on any atom is 0.340 e. The van der Waals surface area contributed by atoms with Crippen molar-refractivity contribution in [2.45, 2.75) is 69.3 Å². The molecule has 1 saturated heterocycles. The van der Waals surface area contributed by atoms with E-state index in [1.807, 2.05) is 0 Å². The highest BCUT2D eigenvalue weighted by Crippen LogP contribution is 2.23. The number of amides is 4. The molecule has 16 heteroatoms. The molecule has 1 heterocycles. The summed E-state index contributed by atoms with van der Waals surface area (Å²) in [6.07, 6.45) is -1.66. The molecule has 4 amide bonds. The molecule has 0 aromatic rings. The first-order valence-corrected chi connectivity index (χ1v) is 11.3. The first kappa shape index (κ1) is 29.9. The van der Waals surface area contributed by atoms with Gasteiger partial charge in [-0.2, -0.15) is 10.0 Å². The predicted octanol–water partition coefficient (Wildman–Crippen LogP) is -0.394. The van der Waals surface area contributed by atoms with Crippen molar-refractivity contribution in [3.8, 4) is 0 Å². The fourth-order valence-corrected chi connectivity index (χ4v) is 3.60. The molecule has 0 spiro atoms. The van der Waals surface area contributed by atoms with Crippen LogP contribution in [0.25, 0.3) is 0 Å². The molecule has 1 saturated carbocycles. The molecular weight excluding hydrogens is 480 g/mol. The zero-order valence-electron chi connectivity index (χ0n) is 19.0. The molecule has 2 aliphatic rings. The van der Waals surface area contributed by atoms with Gasteiger partial charge in [-0.05, 0) is 31.6 Å². The maximum absolute atomic E-state index is 11.6. The smallest absolute Gasteiger partial charge is 0.340 e. The molecule has 6 N–H and O–H groups in total. The number of halogens is 1. The number of alkyl halides is 1. The Bertz CT molecular complexity index is 670. The molecule has 2 rings (SSSR count). The molecule has 196 valence electrons. The van der Waals surface area contributed by atoms with Crippen molar-refractivity contribution in [3.05, 3.63) is 9.81 Å². The van der Waals surface area contributed by atoms with Crippen molar-refractivity contribution in [1.29, 1.82) is 0 Å². The number of carbonyl (C=O) groups is 2. The van der Waals surface area contributed by atoms with E-state index in [1.165, 1.54) is 0 Å². The molecule has 34 heavy (non-hydrogen) atoms. The van der Waals surface area contributed by atoms with Gasteiger partial charge >= 0.3 is 12.1 Å². The van der Waals surface area contributed by atoms with Crippen LogP contribution >= 0.6 is 11.6 Å². The van der Waals surface area contributed by atoms with Crippen LogP contribution in [0, 0.1) is 15.7 Å². The van der Waals surface area contributed by atoms with Crippen molar-refractivity contribution in [3.63, 3.8) is 0 Å². The van der Waals surface area contributed by atoms with Crippen LogP contribution in [0.4, 0.5) is 9.59 Å². The zero-order chi connectivity index (χ0) is 25.8. The van der Waals surface area contributed by atoms with Gasteiger partial charge in [0.25, 0.3) is 0 Å². The van der Waals surface area contributed by atoms with E-state index in [9.17, 15) is 34.7 Å². The summed E-state index contributed by atoms with van der Waals surface area (Å²) >= 11 is 5.46. The molecule has 0 radical (unpaired) electrons. The summed E-state index contributed by atoms with van der Waals surface area (Å²) in [5.41, 5.74) is 0. The highest BCUT2D eigenvalue weighted by atomic mass is 35.5. The van der Waals surface area contributed by atoms with E-state index in [0.717, 1.165) is 43.7 Å². The van der Waals surface area contributed by atoms with Crippen molar-refractivity contribution < 1.29 is 34.8 Å². The van der Waals surface area contributed by atoms with Gasteiger partial charge in [-0.1, -0.05) is 6.92 Å². The van der Waals surface area contributed by atoms with Crippen LogP contribution < -0.4 is 10.6 Å². The average Bonchev–Trinajstić information content (AvgIpc) is 2.83. The van der Waals surface area contributed by atoms with Gasteiger partial charge in [0, 0.05) is 19.0 Å². The van der Waals surface area contributed by atoms with E-state index < -0.39 is 49.3 Å². The molecule has 5 atom stereocenters. The van der Waals surface area contributed by atoms with E-state index in [-0.39, 0.29) is 18.5 Å². The normalized spacial score (nSPS) is 30.7. The number of aliphatic hydroxyl groups is 4. The maximum atomic E-state index is 11.6. The Balaban J connectivity index is 0.000000342. The van der Waals surface area contributed by atoms with Crippen LogP contribution in [-0.4, -0.2) is 105 Å². The summed E-state index contributed by atoms with van der Waals surface area (Å²) in [6, 6.07) is -2.59. The molecule has 0 aromatic heterocycles. The summed E-state index contributed by atoms with van der Waals surface area (Å²) < 4.78 is 4.80. The Morgan fingerprint density at radius 2 is 1.65 bits per heavy atom. The first-order chi connectivity index (χ1) is 16.1. The molecule has 1 aliphatic carbocycles. The third-order valence-electron chi connectivity index (χ3n) is 5.58. The highest BCUT2D eigenvalue weighted by molar-refractivity contribution is 6.18. The van der Waals surface area contributed by atoms with Crippen molar-refractivity contribution in [2.75, 3.05) is 26.1 Å². The molecule has 0 aromatic carbocycles. The Morgan fingerprint density at radius 3 is 2.15 bits per heavy atom. The number of rotatable bonds is 7. The minimum Gasteiger partial charge on any atom is -0.394 e. The van der Waals surface area contributed by atoms with Gasteiger partial charge in [0.05, 0.1) is 23.7 Å². The number of nitroso groups, excluding NO2 is 2. The topological polar surface area (TPSA) is 214 Å². The molecule has 0 bridgehead atoms. The van der Waals surface area contributed by atoms with E-state index in [0.29, 0.717) is 5.01 Å². The molecule has 15 nitrogen and oxygen atoms in total. The number of ether oxygens (including phenoxy) is 1. The van der Waals surface area contributed by atoms with Crippen LogP contribution in [0.15, 0.2) is 10.6 Å². The van der Waals surface area contributed by atoms with Gasteiger partial charge in [0.2, 0.25) is 0 Å². The number of hydrogen-bond acceptors (Lipinski definition) is 11. The van der Waals surface area contributed by atoms with Gasteiger partial charge < -0.3 is 35.8 Å². The lowest BCUT2D eigenvalue weighted by Gasteiger charge is -2.40. The quantitative estimate of drug-likeness (QED) is 0.148. The van der Waals surface area contributed by atoms with Crippen LogP contribution in [-0.2, 0) is 4.74 Å². The van der Waals surface area contributed by atoms with Gasteiger partial charge in [-0.3, -0.25) is 0 Å². The number of aliphatic hydroxyl groups excluding tert-OH is 4. The van der Waals surface area contributed by atoms with E-state index in [4.69, 9.17) is 21.4 Å². The fraction of sp³-hybridized carbons (Fsp3) is 0.889. The van der Waals surface area contributed by atoms with Crippen LogP contribution in [0.3, 0.4) is 0 Å². The summed E-state index contributed by atoms with van der Waals surface area (Å²) in [7, 11) is 1.07. The standard InChI is InChI=1S/C10H18ClN3O2.C8H15N3O7/c1-8-2-4-9(5-3-8)12-10(15)14(13-16)7-6-11;1-11(10-17)8(16)9-4-6(14)5(13)3(2-12)18-7(4)15/h8-9H,2-7H2,1H3,(H,12,15);3-7,12-15H,2H2,1H3,(H,9,16)/t;3-,4-,5-,6-,7+/m.1/s1. The third-order valence-corrected chi connectivity index (χ3v) is 5.75. The summed E-state index contributed by atoms with van der Waals surface area (Å²) in [5.74, 6) is 0.942. The lowest BCUT2D eigenvalue weighted by atomic mass is 9.87. The monoisotopic (exact) mass is 512 g/mol. The summed E-state index contributed by atoms with van der Waals surface area (Å²) in [5, 5.41) is 48.6. The Hall–Kier alpha value is -2.17. The Labute approximate surface area is 201 Å². The molecule has 1 aliphatic heterocycles. The minimum absolute atomic E-state index is 0.153. The van der Waals surface area contributed by atoms with Gasteiger partial charge in [-0.25, -0.2) is 9.59 Å². The molecule has 2 fully saturated rings. The number of nitrogens with zero attached hydrogens (tertiary/aromatic N) is 4. The van der Waals surface area contributed by atoms with Gasteiger partial charge in [0.1, 0.15) is 24.4 Å². The van der Waals surface area contributed by atoms with Crippen LogP contribution in [0.5, 0.6) is 0 Å². The second-order valence-corrected chi connectivity index (χ2v) is 8.49. The Kier molecular flexibility index (Phi) is 13.1. The van der Waals surface area contributed by atoms with E-state index >= 15 is 0 Å². The summed E-state index contributed by atoms with van der Waals surface area (Å²) in [6.45, 7) is 1.76. The predicted molar refractivity (Wildman–Crippen MR) is 119 cm³/mol. The minimum atomic E-state index is -1.63. The average molecular weight is 513 g/mol. The second-order valence-electron chi connectivity index (χ2n) is 8.11. The highest BCUT2D eigenvalue weighted by Gasteiger charge is 2.44. The number of carbonyl (C=O) groups excluding carboxylic acids is 2. The summed E-state index contributed by atoms with van der Waals surface area (Å²) in [4.78, 5) is 43.4. The Morgan fingerprint density at radius 1 is 1.03 bits per heavy atom. The largest absolute Gasteiger partial charge is 0.394 e. The van der Waals surface area contributed by atoms with Crippen LogP contribution in [0.2, 0.25) is 0 Å². The van der Waals surface area contributed by atoms with Crippen molar-refractivity contribution in [2.24, 2.45) is 16.5 Å². The van der Waals surface area contributed by atoms with Crippen molar-refractivity contribution >= 4 is 23.7 Å². The SMILES string of the molecule is CC1CCC(NC(=O)N(CCCl)N=O)CC1.CN(N=O)C(=O)N[C@@H]1[C@@H](O)[C@H](O)[C@@H](CO)O[C@@H]1O.